The third-order valence-electron chi connectivity index (χ3n) is 2.41. The van der Waals surface area contributed by atoms with Crippen LogP contribution in [0.5, 0.6) is 0 Å². The number of benzene rings is 1. The maximum absolute atomic E-state index is 12.7. The molecule has 5 nitrogen and oxygen atoms in total. The summed E-state index contributed by atoms with van der Waals surface area (Å²) in [5, 5.41) is 13.8. The Morgan fingerprint density at radius 2 is 1.84 bits per heavy atom. The predicted octanol–water partition coefficient (Wildman–Crippen LogP) is 2.45. The standard InChI is InChI=1S/C13H17FN2O3/c1-8(2)7-11(12(17)18)16-13(19)15-10-5-3-9(14)4-6-10/h3-6,8,11H,7H2,1-2H3,(H,17,18)(H2,15,16,19)/t11-/m0/s1. The minimum Gasteiger partial charge on any atom is -0.480 e. The summed E-state index contributed by atoms with van der Waals surface area (Å²) in [6, 6.07) is 3.64. The number of carboxylic acid groups (broad SMARTS) is 1. The average molecular weight is 268 g/mol. The summed E-state index contributed by atoms with van der Waals surface area (Å²) in [6.45, 7) is 3.74. The minimum atomic E-state index is -1.08. The first kappa shape index (κ1) is 14.9. The van der Waals surface area contributed by atoms with Crippen LogP contribution in [-0.2, 0) is 4.79 Å². The zero-order valence-electron chi connectivity index (χ0n) is 10.8. The van der Waals surface area contributed by atoms with Gasteiger partial charge in [-0.2, -0.15) is 0 Å². The monoisotopic (exact) mass is 268 g/mol. The van der Waals surface area contributed by atoms with Crippen molar-refractivity contribution in [2.24, 2.45) is 5.92 Å². The largest absolute Gasteiger partial charge is 0.480 e. The Hall–Kier alpha value is -2.11. The molecule has 3 N–H and O–H groups in total. The van der Waals surface area contributed by atoms with E-state index in [4.69, 9.17) is 5.11 Å². The number of amides is 2. The second-order valence-corrected chi connectivity index (χ2v) is 4.63. The molecule has 0 saturated carbocycles. The number of carbonyl (C=O) groups is 2. The molecule has 0 aliphatic rings. The summed E-state index contributed by atoms with van der Waals surface area (Å²) in [5.41, 5.74) is 0.396. The first-order chi connectivity index (χ1) is 8.88. The Morgan fingerprint density at radius 1 is 1.26 bits per heavy atom. The molecule has 0 aromatic heterocycles. The van der Waals surface area contributed by atoms with Crippen molar-refractivity contribution in [2.75, 3.05) is 5.32 Å². The third kappa shape index (κ3) is 5.37. The van der Waals surface area contributed by atoms with Gasteiger partial charge in [0.1, 0.15) is 11.9 Å². The lowest BCUT2D eigenvalue weighted by molar-refractivity contribution is -0.139. The number of hydrogen-bond acceptors (Lipinski definition) is 2. The van der Waals surface area contributed by atoms with E-state index >= 15 is 0 Å². The number of rotatable bonds is 5. The number of hydrogen-bond donors (Lipinski definition) is 3. The summed E-state index contributed by atoms with van der Waals surface area (Å²) in [5.74, 6) is -1.34. The van der Waals surface area contributed by atoms with E-state index < -0.39 is 23.9 Å². The topological polar surface area (TPSA) is 78.4 Å². The van der Waals surface area contributed by atoms with Gasteiger partial charge in [-0.15, -0.1) is 0 Å². The van der Waals surface area contributed by atoms with E-state index in [-0.39, 0.29) is 5.92 Å². The van der Waals surface area contributed by atoms with Crippen LogP contribution < -0.4 is 10.6 Å². The van der Waals surface area contributed by atoms with E-state index in [2.05, 4.69) is 10.6 Å². The van der Waals surface area contributed by atoms with E-state index in [0.29, 0.717) is 12.1 Å². The van der Waals surface area contributed by atoms with Crippen LogP contribution in [0.3, 0.4) is 0 Å². The third-order valence-corrected chi connectivity index (χ3v) is 2.41. The highest BCUT2D eigenvalue weighted by molar-refractivity contribution is 5.92. The number of urea groups is 1. The molecule has 0 aliphatic heterocycles. The molecular weight excluding hydrogens is 251 g/mol. The molecule has 0 unspecified atom stereocenters. The van der Waals surface area contributed by atoms with E-state index in [1.54, 1.807) is 0 Å². The van der Waals surface area contributed by atoms with Crippen molar-refractivity contribution in [2.45, 2.75) is 26.3 Å². The lowest BCUT2D eigenvalue weighted by Crippen LogP contribution is -2.43. The van der Waals surface area contributed by atoms with Crippen LogP contribution in [0.25, 0.3) is 0 Å². The van der Waals surface area contributed by atoms with Crippen molar-refractivity contribution < 1.29 is 19.1 Å². The summed E-state index contributed by atoms with van der Waals surface area (Å²) in [4.78, 5) is 22.6. The quantitative estimate of drug-likeness (QED) is 0.767. The number of nitrogens with one attached hydrogen (secondary N) is 2. The fraction of sp³-hybridized carbons (Fsp3) is 0.385. The Bertz CT molecular complexity index is 446. The molecular formula is C13H17FN2O3. The number of halogens is 1. The lowest BCUT2D eigenvalue weighted by atomic mass is 10.0. The highest BCUT2D eigenvalue weighted by atomic mass is 19.1. The van der Waals surface area contributed by atoms with E-state index in [1.807, 2.05) is 13.8 Å². The first-order valence-corrected chi connectivity index (χ1v) is 5.94. The SMILES string of the molecule is CC(C)C[C@H](NC(=O)Nc1ccc(F)cc1)C(=O)O. The average Bonchev–Trinajstić information content (AvgIpc) is 2.30. The Kier molecular flexibility index (Phi) is 5.29. The van der Waals surface area contributed by atoms with Crippen molar-refractivity contribution in [1.82, 2.24) is 5.32 Å². The highest BCUT2D eigenvalue weighted by Gasteiger charge is 2.20. The Labute approximate surface area is 110 Å². The zero-order valence-corrected chi connectivity index (χ0v) is 10.8. The molecule has 6 heteroatoms. The van der Waals surface area contributed by atoms with Crippen LogP contribution in [0.1, 0.15) is 20.3 Å². The fourth-order valence-electron chi connectivity index (χ4n) is 1.55. The Morgan fingerprint density at radius 3 is 2.32 bits per heavy atom. The van der Waals surface area contributed by atoms with Gasteiger partial charge in [0.25, 0.3) is 0 Å². The van der Waals surface area contributed by atoms with Crippen molar-refractivity contribution in [1.29, 1.82) is 0 Å². The summed E-state index contributed by atoms with van der Waals surface area (Å²) >= 11 is 0. The second kappa shape index (κ2) is 6.72. The predicted molar refractivity (Wildman–Crippen MR) is 69.4 cm³/mol. The van der Waals surface area contributed by atoms with Gasteiger partial charge in [-0.05, 0) is 36.6 Å². The molecule has 2 amide bonds. The molecule has 0 heterocycles. The Balaban J connectivity index is 2.57. The molecule has 0 fully saturated rings. The van der Waals surface area contributed by atoms with Gasteiger partial charge in [0.2, 0.25) is 0 Å². The van der Waals surface area contributed by atoms with Gasteiger partial charge in [0, 0.05) is 5.69 Å². The normalized spacial score (nSPS) is 12.0. The molecule has 0 radical (unpaired) electrons. The molecule has 0 aliphatic carbocycles. The number of aliphatic carboxylic acids is 1. The van der Waals surface area contributed by atoms with Crippen LogP contribution in [-0.4, -0.2) is 23.1 Å². The second-order valence-electron chi connectivity index (χ2n) is 4.63. The van der Waals surface area contributed by atoms with Crippen LogP contribution in [0.15, 0.2) is 24.3 Å². The van der Waals surface area contributed by atoms with Crippen LogP contribution in [0.4, 0.5) is 14.9 Å². The molecule has 0 saturated heterocycles. The molecule has 1 aromatic carbocycles. The summed E-state index contributed by atoms with van der Waals surface area (Å²) < 4.78 is 12.7. The van der Waals surface area contributed by atoms with Gasteiger partial charge in [0.15, 0.2) is 0 Å². The van der Waals surface area contributed by atoms with E-state index in [1.165, 1.54) is 24.3 Å². The summed E-state index contributed by atoms with van der Waals surface area (Å²) in [7, 11) is 0. The van der Waals surface area contributed by atoms with Crippen LogP contribution >= 0.6 is 0 Å². The minimum absolute atomic E-state index is 0.146. The molecule has 0 bridgehead atoms. The van der Waals surface area contributed by atoms with Crippen molar-refractivity contribution in [3.8, 4) is 0 Å². The molecule has 19 heavy (non-hydrogen) atoms. The molecule has 1 rings (SSSR count). The van der Waals surface area contributed by atoms with Crippen LogP contribution in [0, 0.1) is 11.7 Å². The van der Waals surface area contributed by atoms with E-state index in [9.17, 15) is 14.0 Å². The van der Waals surface area contributed by atoms with Gasteiger partial charge in [-0.25, -0.2) is 14.0 Å². The van der Waals surface area contributed by atoms with Gasteiger partial charge >= 0.3 is 12.0 Å². The maximum atomic E-state index is 12.7. The van der Waals surface area contributed by atoms with E-state index in [0.717, 1.165) is 0 Å². The van der Waals surface area contributed by atoms with Gasteiger partial charge in [-0.3, -0.25) is 0 Å². The first-order valence-electron chi connectivity index (χ1n) is 5.94. The smallest absolute Gasteiger partial charge is 0.326 e. The van der Waals surface area contributed by atoms with Gasteiger partial charge < -0.3 is 15.7 Å². The molecule has 1 aromatic rings. The van der Waals surface area contributed by atoms with Gasteiger partial charge in [-0.1, -0.05) is 13.8 Å². The molecule has 104 valence electrons. The lowest BCUT2D eigenvalue weighted by Gasteiger charge is -2.16. The van der Waals surface area contributed by atoms with Gasteiger partial charge in [0.05, 0.1) is 0 Å². The molecule has 1 atom stereocenters. The maximum Gasteiger partial charge on any atom is 0.326 e. The van der Waals surface area contributed by atoms with Crippen molar-refractivity contribution in [3.05, 3.63) is 30.1 Å². The highest BCUT2D eigenvalue weighted by Crippen LogP contribution is 2.09. The number of carboxylic acids is 1. The number of carbonyl (C=O) groups excluding carboxylic acids is 1. The van der Waals surface area contributed by atoms with Crippen molar-refractivity contribution >= 4 is 17.7 Å². The zero-order chi connectivity index (χ0) is 14.4. The molecule has 0 spiro atoms. The fourth-order valence-corrected chi connectivity index (χ4v) is 1.55. The number of anilines is 1. The van der Waals surface area contributed by atoms with Crippen LogP contribution in [0.2, 0.25) is 0 Å². The van der Waals surface area contributed by atoms with Crippen molar-refractivity contribution in [3.63, 3.8) is 0 Å². The summed E-state index contributed by atoms with van der Waals surface area (Å²) in [6.07, 6.45) is 0.339.